The predicted octanol–water partition coefficient (Wildman–Crippen LogP) is 5.92. The molecule has 0 spiro atoms. The van der Waals surface area contributed by atoms with Crippen LogP contribution in [0.1, 0.15) is 63.8 Å². The Morgan fingerprint density at radius 1 is 1.43 bits per heavy atom. The number of thioether (sulfide) groups is 1. The Morgan fingerprint density at radius 2 is 2.23 bits per heavy atom. The van der Waals surface area contributed by atoms with Crippen LogP contribution in [0.2, 0.25) is 0 Å². The summed E-state index contributed by atoms with van der Waals surface area (Å²) in [4.78, 5) is 15.9. The zero-order chi connectivity index (χ0) is 25.4. The van der Waals surface area contributed by atoms with E-state index in [0.29, 0.717) is 12.3 Å². The summed E-state index contributed by atoms with van der Waals surface area (Å²) in [6.45, 7) is 8.71. The number of H-pyrrole nitrogens is 1. The maximum atomic E-state index is 13.9. The van der Waals surface area contributed by atoms with Crippen LogP contribution in [0.3, 0.4) is 0 Å². The molecule has 188 valence electrons. The highest BCUT2D eigenvalue weighted by Gasteiger charge is 2.24. The molecule has 6 nitrogen and oxygen atoms in total. The third kappa shape index (κ3) is 6.84. The van der Waals surface area contributed by atoms with E-state index in [2.05, 4.69) is 47.5 Å². The second-order valence-electron chi connectivity index (χ2n) is 8.86. The molecule has 1 aliphatic carbocycles. The van der Waals surface area contributed by atoms with Gasteiger partial charge in [-0.15, -0.1) is 0 Å². The van der Waals surface area contributed by atoms with Crippen molar-refractivity contribution in [3.8, 4) is 0 Å². The van der Waals surface area contributed by atoms with Gasteiger partial charge in [-0.1, -0.05) is 49.8 Å². The van der Waals surface area contributed by atoms with Gasteiger partial charge in [0.15, 0.2) is 5.95 Å². The van der Waals surface area contributed by atoms with Crippen molar-refractivity contribution < 1.29 is 4.39 Å². The Hall–Kier alpha value is -2.87. The molecule has 8 heteroatoms. The van der Waals surface area contributed by atoms with Crippen molar-refractivity contribution in [2.45, 2.75) is 66.3 Å². The third-order valence-electron chi connectivity index (χ3n) is 6.36. The van der Waals surface area contributed by atoms with Crippen LogP contribution in [0, 0.1) is 5.92 Å². The summed E-state index contributed by atoms with van der Waals surface area (Å²) in [5, 5.41) is 14.2. The van der Waals surface area contributed by atoms with Crippen LogP contribution >= 0.6 is 11.8 Å². The van der Waals surface area contributed by atoms with Crippen LogP contribution < -0.4 is 10.9 Å². The van der Waals surface area contributed by atoms with Crippen molar-refractivity contribution in [3.63, 3.8) is 0 Å². The molecule has 1 unspecified atom stereocenters. The van der Waals surface area contributed by atoms with Crippen molar-refractivity contribution in [1.82, 2.24) is 25.3 Å². The lowest BCUT2D eigenvalue weighted by Gasteiger charge is -2.17. The number of halogens is 1. The molecule has 2 heterocycles. The number of nitrogens with zero attached hydrogens (tertiary/aromatic N) is 3. The molecule has 2 N–H and O–H groups in total. The second-order valence-corrected chi connectivity index (χ2v) is 10.00. The van der Waals surface area contributed by atoms with E-state index in [-0.39, 0.29) is 12.1 Å². The van der Waals surface area contributed by atoms with Crippen molar-refractivity contribution in [2.75, 3.05) is 7.05 Å². The molecule has 3 rings (SSSR count). The number of rotatable bonds is 10. The van der Waals surface area contributed by atoms with Crippen molar-refractivity contribution in [3.05, 3.63) is 85.9 Å². The van der Waals surface area contributed by atoms with Crippen LogP contribution in [0.15, 0.2) is 63.5 Å². The van der Waals surface area contributed by atoms with E-state index < -0.39 is 5.95 Å². The molecule has 0 saturated carbocycles. The molecule has 1 atom stereocenters. The molecule has 1 aliphatic rings. The zero-order valence-corrected chi connectivity index (χ0v) is 22.1. The van der Waals surface area contributed by atoms with Gasteiger partial charge in [0.05, 0.1) is 18.4 Å². The van der Waals surface area contributed by atoms with E-state index in [1.807, 2.05) is 31.5 Å². The van der Waals surface area contributed by atoms with Gasteiger partial charge in [-0.2, -0.15) is 14.6 Å². The lowest BCUT2D eigenvalue weighted by molar-refractivity contribution is 0.565. The molecule has 0 radical (unpaired) electrons. The second kappa shape index (κ2) is 12.7. The number of hydrogen-bond donors (Lipinski definition) is 2. The van der Waals surface area contributed by atoms with Gasteiger partial charge in [0.25, 0.3) is 5.56 Å². The van der Waals surface area contributed by atoms with Gasteiger partial charge in [-0.3, -0.25) is 9.89 Å². The molecule has 2 aromatic rings. The predicted molar refractivity (Wildman–Crippen MR) is 143 cm³/mol. The molecule has 0 amide bonds. The van der Waals surface area contributed by atoms with Crippen LogP contribution in [0.5, 0.6) is 0 Å². The van der Waals surface area contributed by atoms with Gasteiger partial charge in [0.1, 0.15) is 0 Å². The number of aromatic nitrogens is 4. The average Bonchev–Trinajstić information content (AvgIpc) is 3.34. The first-order valence-corrected chi connectivity index (χ1v) is 13.0. The normalized spacial score (nSPS) is 17.4. The van der Waals surface area contributed by atoms with E-state index in [9.17, 15) is 9.18 Å². The molecular weight excluding hydrogens is 461 g/mol. The van der Waals surface area contributed by atoms with E-state index in [0.717, 1.165) is 53.0 Å². The van der Waals surface area contributed by atoms with E-state index in [1.165, 1.54) is 28.3 Å². The first-order valence-electron chi connectivity index (χ1n) is 12.2. The summed E-state index contributed by atoms with van der Waals surface area (Å²) in [7, 11) is 1.54. The first-order chi connectivity index (χ1) is 16.9. The molecule has 0 saturated heterocycles. The monoisotopic (exact) mass is 497 g/mol. The van der Waals surface area contributed by atoms with E-state index in [1.54, 1.807) is 11.8 Å². The van der Waals surface area contributed by atoms with Crippen LogP contribution in [0.4, 0.5) is 4.39 Å². The SMILES string of the molecule is C/C=C(\Cc1cc[nH]n1)SC1=C(C)C(C)CCc2c1cnn(CC(=C/CCC)/C=C(/F)NC)c2=O. The molecule has 0 aliphatic heterocycles. The Bertz CT molecular complexity index is 1190. The number of unbranched alkanes of at least 4 members (excludes halogenated alkanes) is 1. The van der Waals surface area contributed by atoms with Crippen LogP contribution in [0.25, 0.3) is 4.91 Å². The highest BCUT2D eigenvalue weighted by atomic mass is 32.2. The maximum absolute atomic E-state index is 13.9. The highest BCUT2D eigenvalue weighted by Crippen LogP contribution is 2.42. The van der Waals surface area contributed by atoms with Crippen LogP contribution in [-0.2, 0) is 19.4 Å². The minimum absolute atomic E-state index is 0.0995. The fourth-order valence-electron chi connectivity index (χ4n) is 4.03. The Morgan fingerprint density at radius 3 is 2.89 bits per heavy atom. The maximum Gasteiger partial charge on any atom is 0.270 e. The van der Waals surface area contributed by atoms with E-state index in [4.69, 9.17) is 0 Å². The molecule has 0 fully saturated rings. The molecule has 0 bridgehead atoms. The topological polar surface area (TPSA) is 75.6 Å². The number of fused-ring (bicyclic) bond motifs is 1. The smallest absolute Gasteiger partial charge is 0.270 e. The summed E-state index contributed by atoms with van der Waals surface area (Å²) in [5.74, 6) is -0.0778. The number of nitrogens with one attached hydrogen (secondary N) is 2. The van der Waals surface area contributed by atoms with Gasteiger partial charge in [-0.25, -0.2) is 4.68 Å². The minimum atomic E-state index is -0.433. The largest absolute Gasteiger partial charge is 0.365 e. The van der Waals surface area contributed by atoms with Crippen molar-refractivity contribution in [1.29, 1.82) is 0 Å². The van der Waals surface area contributed by atoms with Gasteiger partial charge >= 0.3 is 0 Å². The molecule has 35 heavy (non-hydrogen) atoms. The van der Waals surface area contributed by atoms with Crippen LogP contribution in [-0.4, -0.2) is 27.0 Å². The molecular formula is C27H36FN5OS. The summed E-state index contributed by atoms with van der Waals surface area (Å²) in [5.41, 5.74) is 4.58. The molecule has 0 aromatic carbocycles. The lowest BCUT2D eigenvalue weighted by Crippen LogP contribution is -2.28. The minimum Gasteiger partial charge on any atom is -0.365 e. The zero-order valence-electron chi connectivity index (χ0n) is 21.3. The third-order valence-corrected chi connectivity index (χ3v) is 7.75. The van der Waals surface area contributed by atoms with Crippen molar-refractivity contribution >= 4 is 16.7 Å². The van der Waals surface area contributed by atoms with Gasteiger partial charge in [0.2, 0.25) is 0 Å². The van der Waals surface area contributed by atoms with Crippen molar-refractivity contribution in [2.24, 2.45) is 5.92 Å². The lowest BCUT2D eigenvalue weighted by atomic mass is 9.98. The van der Waals surface area contributed by atoms with Gasteiger partial charge < -0.3 is 5.32 Å². The Balaban J connectivity index is 1.98. The first kappa shape index (κ1) is 26.7. The number of allylic oxidation sites excluding steroid dienone is 6. The number of hydrogen-bond acceptors (Lipinski definition) is 5. The van der Waals surface area contributed by atoms with E-state index >= 15 is 0 Å². The molecule has 2 aromatic heterocycles. The highest BCUT2D eigenvalue weighted by molar-refractivity contribution is 8.11. The Labute approximate surface area is 211 Å². The van der Waals surface area contributed by atoms with Gasteiger partial charge in [0, 0.05) is 35.7 Å². The fraction of sp³-hybridized carbons (Fsp3) is 0.444. The summed E-state index contributed by atoms with van der Waals surface area (Å²) in [6.07, 6.45) is 13.2. The average molecular weight is 498 g/mol. The van der Waals surface area contributed by atoms with Gasteiger partial charge in [-0.05, 0) is 61.6 Å². The number of aromatic amines is 1. The summed E-state index contributed by atoms with van der Waals surface area (Å²) in [6, 6.07) is 1.98. The standard InChI is InChI=1S/C27H36FN5OS/c1-6-8-9-20(14-25(28)29-5)17-33-27(34)23-11-10-18(3)19(4)26(24(23)16-31-33)35-22(7-2)15-21-12-13-30-32-21/h7,9,12-14,16,18,29H,6,8,10-11,15,17H2,1-5H3,(H,30,32)/b20-9+,22-7+,25-14-. The fourth-order valence-corrected chi connectivity index (χ4v) is 5.28. The summed E-state index contributed by atoms with van der Waals surface area (Å²) >= 11 is 1.70. The Kier molecular flexibility index (Phi) is 9.72. The summed E-state index contributed by atoms with van der Waals surface area (Å²) < 4.78 is 15.4. The quantitative estimate of drug-likeness (QED) is 0.315.